The van der Waals surface area contributed by atoms with Gasteiger partial charge in [-0.25, -0.2) is 0 Å². The molecule has 110 valence electrons. The Labute approximate surface area is 128 Å². The molecule has 2 N–H and O–H groups in total. The van der Waals surface area contributed by atoms with Crippen LogP contribution in [0, 0.1) is 6.92 Å². The van der Waals surface area contributed by atoms with Crippen molar-refractivity contribution in [1.29, 1.82) is 0 Å². The largest absolute Gasteiger partial charge is 0.399 e. The number of aryl methyl sites for hydroxylation is 2. The maximum Gasteiger partial charge on any atom is 0.254 e. The van der Waals surface area contributed by atoms with Crippen LogP contribution in [0.4, 0.5) is 5.69 Å². The molecule has 1 aromatic heterocycles. The van der Waals surface area contributed by atoms with Crippen LogP contribution in [0.2, 0.25) is 5.15 Å². The Kier molecular flexibility index (Phi) is 3.37. The van der Waals surface area contributed by atoms with Crippen molar-refractivity contribution in [3.63, 3.8) is 0 Å². The molecule has 1 aromatic carbocycles. The zero-order chi connectivity index (χ0) is 15.1. The number of benzene rings is 1. The minimum Gasteiger partial charge on any atom is -0.399 e. The van der Waals surface area contributed by atoms with Crippen molar-refractivity contribution in [2.75, 3.05) is 12.3 Å². The Hall–Kier alpha value is -2.01. The predicted octanol–water partition coefficient (Wildman–Crippen LogP) is 2.16. The minimum absolute atomic E-state index is 0.00266. The summed E-state index contributed by atoms with van der Waals surface area (Å²) in [6.07, 6.45) is 0.832. The number of amides is 1. The molecule has 3 rings (SSSR count). The summed E-state index contributed by atoms with van der Waals surface area (Å²) < 4.78 is 1.63. The van der Waals surface area contributed by atoms with E-state index in [9.17, 15) is 4.79 Å². The summed E-state index contributed by atoms with van der Waals surface area (Å²) >= 11 is 6.25. The van der Waals surface area contributed by atoms with Gasteiger partial charge >= 0.3 is 0 Å². The van der Waals surface area contributed by atoms with E-state index in [4.69, 9.17) is 17.3 Å². The molecule has 0 atom stereocenters. The Morgan fingerprint density at radius 3 is 2.86 bits per heavy atom. The summed E-state index contributed by atoms with van der Waals surface area (Å²) in [5, 5.41) is 4.87. The first-order valence-electron chi connectivity index (χ1n) is 6.83. The van der Waals surface area contributed by atoms with Gasteiger partial charge in [-0.1, -0.05) is 17.7 Å². The van der Waals surface area contributed by atoms with Gasteiger partial charge in [0.15, 0.2) is 0 Å². The van der Waals surface area contributed by atoms with Crippen molar-refractivity contribution in [2.24, 2.45) is 7.05 Å². The lowest BCUT2D eigenvalue weighted by atomic mass is 9.98. The second-order valence-electron chi connectivity index (χ2n) is 5.37. The number of aromatic nitrogens is 2. The van der Waals surface area contributed by atoms with Gasteiger partial charge in [-0.2, -0.15) is 5.10 Å². The van der Waals surface area contributed by atoms with E-state index in [1.54, 1.807) is 22.7 Å². The summed E-state index contributed by atoms with van der Waals surface area (Å²) in [5.41, 5.74) is 9.91. The van der Waals surface area contributed by atoms with Crippen molar-refractivity contribution in [3.05, 3.63) is 45.7 Å². The topological polar surface area (TPSA) is 64.2 Å². The summed E-state index contributed by atoms with van der Waals surface area (Å²) in [6.45, 7) is 3.06. The average molecular weight is 305 g/mol. The molecular formula is C15H17ClN4O. The molecule has 1 amide bonds. The fraction of sp³-hybridized carbons (Fsp3) is 0.333. The maximum atomic E-state index is 12.6. The van der Waals surface area contributed by atoms with E-state index in [2.05, 4.69) is 5.10 Å². The molecule has 2 heterocycles. The fourth-order valence-corrected chi connectivity index (χ4v) is 2.97. The number of nitrogen functional groups attached to an aromatic ring is 1. The predicted molar refractivity (Wildman–Crippen MR) is 82.3 cm³/mol. The Morgan fingerprint density at radius 1 is 1.43 bits per heavy atom. The van der Waals surface area contributed by atoms with Crippen LogP contribution in [-0.4, -0.2) is 27.1 Å². The van der Waals surface area contributed by atoms with Crippen molar-refractivity contribution in [1.82, 2.24) is 14.7 Å². The Balaban J connectivity index is 1.90. The van der Waals surface area contributed by atoms with Gasteiger partial charge in [0.1, 0.15) is 5.15 Å². The van der Waals surface area contributed by atoms with Crippen LogP contribution in [0.5, 0.6) is 0 Å². The van der Waals surface area contributed by atoms with Gasteiger partial charge in [0.25, 0.3) is 5.91 Å². The molecule has 0 saturated heterocycles. The molecule has 0 spiro atoms. The summed E-state index contributed by atoms with van der Waals surface area (Å²) in [5.74, 6) is 0.00266. The number of hydrogen-bond donors (Lipinski definition) is 1. The summed E-state index contributed by atoms with van der Waals surface area (Å²) in [6, 6.07) is 5.52. The van der Waals surface area contributed by atoms with E-state index in [-0.39, 0.29) is 5.91 Å². The first-order valence-corrected chi connectivity index (χ1v) is 7.21. The molecule has 0 aliphatic carbocycles. The van der Waals surface area contributed by atoms with Gasteiger partial charge in [0.05, 0.1) is 12.2 Å². The SMILES string of the molecule is Cc1nn(C)c(Cl)c1CN1CCc2ccc(N)cc2C1=O. The molecule has 0 unspecified atom stereocenters. The lowest BCUT2D eigenvalue weighted by molar-refractivity contribution is 0.0727. The number of rotatable bonds is 2. The van der Waals surface area contributed by atoms with E-state index in [0.29, 0.717) is 29.5 Å². The van der Waals surface area contributed by atoms with Gasteiger partial charge in [-0.15, -0.1) is 0 Å². The van der Waals surface area contributed by atoms with E-state index >= 15 is 0 Å². The molecule has 5 nitrogen and oxygen atoms in total. The van der Waals surface area contributed by atoms with Crippen LogP contribution in [0.15, 0.2) is 18.2 Å². The number of anilines is 1. The van der Waals surface area contributed by atoms with Crippen molar-refractivity contribution in [3.8, 4) is 0 Å². The smallest absolute Gasteiger partial charge is 0.254 e. The van der Waals surface area contributed by atoms with Crippen LogP contribution in [0.3, 0.4) is 0 Å². The van der Waals surface area contributed by atoms with Crippen LogP contribution >= 0.6 is 11.6 Å². The normalized spacial score (nSPS) is 14.4. The molecule has 2 aromatic rings. The van der Waals surface area contributed by atoms with E-state index in [1.165, 1.54) is 0 Å². The van der Waals surface area contributed by atoms with E-state index < -0.39 is 0 Å². The molecule has 1 aliphatic heterocycles. The van der Waals surface area contributed by atoms with Gasteiger partial charge in [0.2, 0.25) is 0 Å². The number of hydrogen-bond acceptors (Lipinski definition) is 3. The van der Waals surface area contributed by atoms with Crippen molar-refractivity contribution >= 4 is 23.2 Å². The number of halogens is 1. The fourth-order valence-electron chi connectivity index (χ4n) is 2.73. The number of fused-ring (bicyclic) bond motifs is 1. The van der Waals surface area contributed by atoms with Crippen LogP contribution in [-0.2, 0) is 20.0 Å². The average Bonchev–Trinajstić information content (AvgIpc) is 2.68. The Bertz CT molecular complexity index is 723. The van der Waals surface area contributed by atoms with Crippen molar-refractivity contribution < 1.29 is 4.79 Å². The second kappa shape index (κ2) is 5.07. The standard InChI is InChI=1S/C15H17ClN4O/c1-9-13(14(16)19(2)18-9)8-20-6-5-10-3-4-11(17)7-12(10)15(20)21/h3-4,7H,5-6,8,17H2,1-2H3. The zero-order valence-electron chi connectivity index (χ0n) is 12.1. The lowest BCUT2D eigenvalue weighted by Crippen LogP contribution is -2.37. The summed E-state index contributed by atoms with van der Waals surface area (Å²) in [7, 11) is 1.80. The molecule has 6 heteroatoms. The molecule has 0 fully saturated rings. The number of carbonyl (C=O) groups excluding carboxylic acids is 1. The Morgan fingerprint density at radius 2 is 2.19 bits per heavy atom. The van der Waals surface area contributed by atoms with Crippen LogP contribution in [0.25, 0.3) is 0 Å². The van der Waals surface area contributed by atoms with Crippen LogP contribution < -0.4 is 5.73 Å². The first-order chi connectivity index (χ1) is 9.97. The van der Waals surface area contributed by atoms with Gasteiger partial charge < -0.3 is 10.6 Å². The zero-order valence-corrected chi connectivity index (χ0v) is 12.8. The third-order valence-corrected chi connectivity index (χ3v) is 4.39. The molecule has 1 aliphatic rings. The van der Waals surface area contributed by atoms with Gasteiger partial charge in [-0.3, -0.25) is 9.48 Å². The molecular weight excluding hydrogens is 288 g/mol. The highest BCUT2D eigenvalue weighted by atomic mass is 35.5. The lowest BCUT2D eigenvalue weighted by Gasteiger charge is -2.28. The first kappa shape index (κ1) is 13.9. The maximum absolute atomic E-state index is 12.6. The second-order valence-corrected chi connectivity index (χ2v) is 5.73. The van der Waals surface area contributed by atoms with Crippen LogP contribution in [0.1, 0.15) is 27.2 Å². The van der Waals surface area contributed by atoms with Gasteiger partial charge in [0, 0.05) is 30.4 Å². The highest BCUT2D eigenvalue weighted by Gasteiger charge is 2.26. The number of carbonyl (C=O) groups is 1. The van der Waals surface area contributed by atoms with Crippen molar-refractivity contribution in [2.45, 2.75) is 19.9 Å². The summed E-state index contributed by atoms with van der Waals surface area (Å²) in [4.78, 5) is 14.4. The third-order valence-electron chi connectivity index (χ3n) is 3.92. The molecule has 0 saturated carbocycles. The minimum atomic E-state index is 0.00266. The highest BCUT2D eigenvalue weighted by Crippen LogP contribution is 2.26. The van der Waals surface area contributed by atoms with E-state index in [1.807, 2.05) is 19.1 Å². The molecule has 0 radical (unpaired) electrons. The molecule has 21 heavy (non-hydrogen) atoms. The third kappa shape index (κ3) is 2.38. The van der Waals surface area contributed by atoms with Gasteiger partial charge in [-0.05, 0) is 31.0 Å². The highest BCUT2D eigenvalue weighted by molar-refractivity contribution is 6.30. The number of nitrogens with zero attached hydrogens (tertiary/aromatic N) is 3. The monoisotopic (exact) mass is 304 g/mol. The van der Waals surface area contributed by atoms with E-state index in [0.717, 1.165) is 23.2 Å². The number of nitrogens with two attached hydrogens (primary N) is 1. The quantitative estimate of drug-likeness (QED) is 0.865. The molecule has 0 bridgehead atoms.